The van der Waals surface area contributed by atoms with Gasteiger partial charge in [-0.05, 0) is 12.1 Å². The lowest BCUT2D eigenvalue weighted by Crippen LogP contribution is -2.17. The molecule has 0 saturated carbocycles. The Morgan fingerprint density at radius 3 is 3.15 bits per heavy atom. The summed E-state index contributed by atoms with van der Waals surface area (Å²) < 4.78 is 4.91. The van der Waals surface area contributed by atoms with Crippen LogP contribution in [0, 0.1) is 0 Å². The lowest BCUT2D eigenvalue weighted by molar-refractivity contribution is -0.123. The first-order valence-corrected chi connectivity index (χ1v) is 3.62. The molecule has 1 aromatic rings. The van der Waals surface area contributed by atoms with Gasteiger partial charge in [-0.25, -0.2) is 5.43 Å². The summed E-state index contributed by atoms with van der Waals surface area (Å²) in [5, 5.41) is 3.56. The average Bonchev–Trinajstić information content (AvgIpc) is 2.57. The molecule has 0 atom stereocenters. The normalized spacial score (nSPS) is 10.2. The van der Waals surface area contributed by atoms with Crippen molar-refractivity contribution in [3.63, 3.8) is 0 Å². The third-order valence-electron chi connectivity index (χ3n) is 1.19. The molecule has 0 aliphatic heterocycles. The van der Waals surface area contributed by atoms with Crippen LogP contribution in [0.4, 0.5) is 0 Å². The minimum atomic E-state index is -0.446. The molecule has 0 bridgehead atoms. The average molecular weight is 180 g/mol. The van der Waals surface area contributed by atoms with Gasteiger partial charge in [-0.15, -0.1) is 0 Å². The highest BCUT2D eigenvalue weighted by atomic mass is 16.3. The van der Waals surface area contributed by atoms with E-state index < -0.39 is 5.91 Å². The molecule has 0 aromatic carbocycles. The molecule has 1 N–H and O–H groups in total. The number of hydrogen-bond donors (Lipinski definition) is 1. The van der Waals surface area contributed by atoms with Crippen LogP contribution < -0.4 is 5.43 Å². The SMILES string of the molecule is O=CCC(=O)N/N=C/c1ccco1. The van der Waals surface area contributed by atoms with Crippen LogP contribution in [0.1, 0.15) is 12.2 Å². The molecule has 1 aromatic heterocycles. The predicted octanol–water partition coefficient (Wildman–Crippen LogP) is 0.319. The van der Waals surface area contributed by atoms with Crippen LogP contribution in [-0.2, 0) is 9.59 Å². The van der Waals surface area contributed by atoms with Gasteiger partial charge in [0, 0.05) is 0 Å². The van der Waals surface area contributed by atoms with E-state index >= 15 is 0 Å². The van der Waals surface area contributed by atoms with E-state index in [0.29, 0.717) is 12.0 Å². The predicted molar refractivity (Wildman–Crippen MR) is 45.1 cm³/mol. The lowest BCUT2D eigenvalue weighted by atomic mass is 10.5. The number of carbonyl (C=O) groups is 2. The van der Waals surface area contributed by atoms with Gasteiger partial charge in [0.15, 0.2) is 0 Å². The summed E-state index contributed by atoms with van der Waals surface area (Å²) in [7, 11) is 0. The van der Waals surface area contributed by atoms with Crippen molar-refractivity contribution < 1.29 is 14.0 Å². The molecular formula is C8H8N2O3. The molecule has 0 fully saturated rings. The van der Waals surface area contributed by atoms with E-state index in [0.717, 1.165) is 0 Å². The Kier molecular flexibility index (Phi) is 3.44. The highest BCUT2D eigenvalue weighted by Crippen LogP contribution is 1.94. The molecule has 1 heterocycles. The number of carbonyl (C=O) groups excluding carboxylic acids is 2. The molecule has 0 unspecified atom stereocenters. The standard InChI is InChI=1S/C8H8N2O3/c11-4-3-8(12)10-9-6-7-2-1-5-13-7/h1-2,4-6H,3H2,(H,10,12)/b9-6+. The number of nitrogens with zero attached hydrogens (tertiary/aromatic N) is 1. The Morgan fingerprint density at radius 1 is 1.69 bits per heavy atom. The van der Waals surface area contributed by atoms with Crippen LogP contribution in [0.2, 0.25) is 0 Å². The maximum atomic E-state index is 10.7. The zero-order valence-electron chi connectivity index (χ0n) is 6.77. The minimum absolute atomic E-state index is 0.185. The van der Waals surface area contributed by atoms with E-state index in [9.17, 15) is 9.59 Å². The first-order chi connectivity index (χ1) is 6.33. The molecule has 5 nitrogen and oxygen atoms in total. The van der Waals surface area contributed by atoms with Gasteiger partial charge in [0.1, 0.15) is 12.0 Å². The van der Waals surface area contributed by atoms with Gasteiger partial charge < -0.3 is 9.21 Å². The quantitative estimate of drug-likeness (QED) is 0.314. The fourth-order valence-corrected chi connectivity index (χ4v) is 0.654. The molecule has 0 spiro atoms. The monoisotopic (exact) mass is 180 g/mol. The summed E-state index contributed by atoms with van der Waals surface area (Å²) in [6.07, 6.45) is 3.17. The number of nitrogens with one attached hydrogen (secondary N) is 1. The highest BCUT2D eigenvalue weighted by molar-refractivity contribution is 5.88. The summed E-state index contributed by atoms with van der Waals surface area (Å²) in [4.78, 5) is 20.6. The van der Waals surface area contributed by atoms with Crippen LogP contribution in [0.5, 0.6) is 0 Å². The van der Waals surface area contributed by atoms with E-state index in [4.69, 9.17) is 4.42 Å². The zero-order valence-corrected chi connectivity index (χ0v) is 6.77. The Morgan fingerprint density at radius 2 is 2.54 bits per heavy atom. The third kappa shape index (κ3) is 3.33. The van der Waals surface area contributed by atoms with Gasteiger partial charge in [-0.1, -0.05) is 0 Å². The summed E-state index contributed by atoms with van der Waals surface area (Å²) in [5.74, 6) is 0.0872. The van der Waals surface area contributed by atoms with Gasteiger partial charge in [-0.3, -0.25) is 4.79 Å². The number of furan rings is 1. The molecule has 0 aliphatic rings. The van der Waals surface area contributed by atoms with Crippen LogP contribution in [0.3, 0.4) is 0 Å². The van der Waals surface area contributed by atoms with Crippen LogP contribution in [-0.4, -0.2) is 18.4 Å². The first-order valence-electron chi connectivity index (χ1n) is 3.62. The summed E-state index contributed by atoms with van der Waals surface area (Å²) >= 11 is 0. The van der Waals surface area contributed by atoms with Gasteiger partial charge in [0.2, 0.25) is 5.91 Å². The molecule has 13 heavy (non-hydrogen) atoms. The molecule has 1 amide bonds. The number of rotatable bonds is 4. The second kappa shape index (κ2) is 4.87. The van der Waals surface area contributed by atoms with Gasteiger partial charge in [-0.2, -0.15) is 5.10 Å². The van der Waals surface area contributed by atoms with E-state index in [2.05, 4.69) is 10.5 Å². The molecular weight excluding hydrogens is 172 g/mol. The molecule has 0 radical (unpaired) electrons. The van der Waals surface area contributed by atoms with Gasteiger partial charge >= 0.3 is 0 Å². The molecule has 1 rings (SSSR count). The highest BCUT2D eigenvalue weighted by Gasteiger charge is 1.95. The fourth-order valence-electron chi connectivity index (χ4n) is 0.654. The van der Waals surface area contributed by atoms with Crippen molar-refractivity contribution >= 4 is 18.4 Å². The second-order valence-electron chi connectivity index (χ2n) is 2.18. The Hall–Kier alpha value is -1.91. The first kappa shape index (κ1) is 9.18. The topological polar surface area (TPSA) is 71.7 Å². The van der Waals surface area contributed by atoms with Crippen LogP contribution in [0.25, 0.3) is 0 Å². The Balaban J connectivity index is 2.34. The molecule has 0 aliphatic carbocycles. The van der Waals surface area contributed by atoms with Crippen LogP contribution in [0.15, 0.2) is 27.9 Å². The maximum Gasteiger partial charge on any atom is 0.247 e. The van der Waals surface area contributed by atoms with Gasteiger partial charge in [0.05, 0.1) is 18.9 Å². The Labute approximate surface area is 74.4 Å². The molecule has 0 saturated heterocycles. The van der Waals surface area contributed by atoms with E-state index in [1.165, 1.54) is 12.5 Å². The van der Waals surface area contributed by atoms with E-state index in [1.807, 2.05) is 0 Å². The van der Waals surface area contributed by atoms with Crippen molar-refractivity contribution in [2.24, 2.45) is 5.10 Å². The largest absolute Gasteiger partial charge is 0.463 e. The van der Waals surface area contributed by atoms with Crippen molar-refractivity contribution in [1.29, 1.82) is 0 Å². The summed E-state index contributed by atoms with van der Waals surface area (Å²) in [6.45, 7) is 0. The van der Waals surface area contributed by atoms with Crippen molar-refractivity contribution in [2.45, 2.75) is 6.42 Å². The number of hydrogen-bond acceptors (Lipinski definition) is 4. The fraction of sp³-hybridized carbons (Fsp3) is 0.125. The van der Waals surface area contributed by atoms with Crippen molar-refractivity contribution in [2.75, 3.05) is 0 Å². The van der Waals surface area contributed by atoms with Crippen molar-refractivity contribution in [1.82, 2.24) is 5.43 Å². The molecule has 68 valence electrons. The number of hydrazone groups is 1. The van der Waals surface area contributed by atoms with Crippen LogP contribution >= 0.6 is 0 Å². The number of amides is 1. The number of aldehydes is 1. The van der Waals surface area contributed by atoms with Crippen molar-refractivity contribution in [3.8, 4) is 0 Å². The summed E-state index contributed by atoms with van der Waals surface area (Å²) in [6, 6.07) is 3.39. The zero-order chi connectivity index (χ0) is 9.52. The maximum absolute atomic E-state index is 10.7. The summed E-state index contributed by atoms with van der Waals surface area (Å²) in [5.41, 5.74) is 2.16. The van der Waals surface area contributed by atoms with E-state index in [-0.39, 0.29) is 6.42 Å². The second-order valence-corrected chi connectivity index (χ2v) is 2.18. The smallest absolute Gasteiger partial charge is 0.247 e. The third-order valence-corrected chi connectivity index (χ3v) is 1.19. The molecule has 5 heteroatoms. The van der Waals surface area contributed by atoms with Gasteiger partial charge in [0.25, 0.3) is 0 Å². The lowest BCUT2D eigenvalue weighted by Gasteiger charge is -1.91. The van der Waals surface area contributed by atoms with Crippen molar-refractivity contribution in [3.05, 3.63) is 24.2 Å². The minimum Gasteiger partial charge on any atom is -0.463 e. The van der Waals surface area contributed by atoms with E-state index in [1.54, 1.807) is 12.1 Å². The Bertz CT molecular complexity index is 303.